The summed E-state index contributed by atoms with van der Waals surface area (Å²) in [5.74, 6) is -3.22. The van der Waals surface area contributed by atoms with Crippen molar-refractivity contribution >= 4 is 23.6 Å². The van der Waals surface area contributed by atoms with E-state index in [4.69, 9.17) is 4.74 Å². The van der Waals surface area contributed by atoms with Crippen molar-refractivity contribution in [2.75, 3.05) is 11.9 Å². The Morgan fingerprint density at radius 3 is 2.43 bits per heavy atom. The topological polar surface area (TPSA) is 113 Å². The van der Waals surface area contributed by atoms with E-state index < -0.39 is 35.5 Å². The van der Waals surface area contributed by atoms with Crippen LogP contribution in [0, 0.1) is 11.6 Å². The van der Waals surface area contributed by atoms with E-state index in [2.05, 4.69) is 20.8 Å². The van der Waals surface area contributed by atoms with Crippen molar-refractivity contribution in [1.82, 2.24) is 15.5 Å². The summed E-state index contributed by atoms with van der Waals surface area (Å²) in [5.41, 5.74) is 0.221. The van der Waals surface area contributed by atoms with Crippen LogP contribution in [0.2, 0.25) is 0 Å². The van der Waals surface area contributed by atoms with Gasteiger partial charge in [-0.1, -0.05) is 6.92 Å². The number of halogens is 2. The number of hydrogen-bond donors (Lipinski definition) is 3. The van der Waals surface area contributed by atoms with Crippen LogP contribution in [0.5, 0.6) is 0 Å². The molecule has 1 aromatic carbocycles. The molecule has 0 aliphatic heterocycles. The van der Waals surface area contributed by atoms with Crippen LogP contribution in [0.4, 0.5) is 14.6 Å². The van der Waals surface area contributed by atoms with E-state index in [9.17, 15) is 23.2 Å². The summed E-state index contributed by atoms with van der Waals surface area (Å²) in [6, 6.07) is 3.21. The quantitative estimate of drug-likeness (QED) is 0.592. The largest absolute Gasteiger partial charge is 0.461 e. The molecule has 1 unspecified atom stereocenters. The predicted octanol–water partition coefficient (Wildman–Crippen LogP) is 1.94. The zero-order valence-corrected chi connectivity index (χ0v) is 15.3. The summed E-state index contributed by atoms with van der Waals surface area (Å²) >= 11 is 0. The number of hydrogen-bond acceptors (Lipinski definition) is 5. The van der Waals surface area contributed by atoms with Crippen LogP contribution >= 0.6 is 0 Å². The number of amides is 2. The zero-order valence-electron chi connectivity index (χ0n) is 15.3. The molecule has 0 fully saturated rings. The first-order valence-corrected chi connectivity index (χ1v) is 8.60. The average Bonchev–Trinajstić information content (AvgIpc) is 3.07. The van der Waals surface area contributed by atoms with Gasteiger partial charge in [0.1, 0.15) is 23.4 Å². The second-order valence-electron chi connectivity index (χ2n) is 5.86. The van der Waals surface area contributed by atoms with Gasteiger partial charge in [-0.15, -0.1) is 0 Å². The number of ether oxygens (including phenoxy) is 1. The Morgan fingerprint density at radius 1 is 1.14 bits per heavy atom. The van der Waals surface area contributed by atoms with Crippen LogP contribution in [0.3, 0.4) is 0 Å². The third kappa shape index (κ3) is 5.86. The van der Waals surface area contributed by atoms with E-state index >= 15 is 0 Å². The molecule has 0 spiro atoms. The first-order chi connectivity index (χ1) is 13.3. The van der Waals surface area contributed by atoms with Crippen LogP contribution in [-0.4, -0.2) is 40.6 Å². The Bertz CT molecular complexity index is 849. The molecule has 1 aromatic heterocycles. The molecule has 10 heteroatoms. The zero-order chi connectivity index (χ0) is 20.7. The lowest BCUT2D eigenvalue weighted by atomic mass is 10.1. The smallest absolute Gasteiger partial charge is 0.356 e. The number of aromatic amines is 1. The van der Waals surface area contributed by atoms with Crippen LogP contribution in [-0.2, 0) is 20.7 Å². The highest BCUT2D eigenvalue weighted by atomic mass is 19.1. The molecular formula is C18H20F2N4O4. The lowest BCUT2D eigenvalue weighted by Gasteiger charge is -2.16. The number of carbonyl (C=O) groups excluding carboxylic acids is 3. The average molecular weight is 394 g/mol. The van der Waals surface area contributed by atoms with Crippen molar-refractivity contribution in [2.24, 2.45) is 0 Å². The van der Waals surface area contributed by atoms with Gasteiger partial charge in [-0.05, 0) is 31.0 Å². The molecule has 1 atom stereocenters. The Kier molecular flexibility index (Phi) is 7.19. The third-order valence-electron chi connectivity index (χ3n) is 3.67. The highest BCUT2D eigenvalue weighted by molar-refractivity contribution is 5.97. The van der Waals surface area contributed by atoms with Gasteiger partial charge >= 0.3 is 5.97 Å². The molecule has 8 nitrogen and oxygen atoms in total. The van der Waals surface area contributed by atoms with E-state index in [0.717, 1.165) is 12.1 Å². The number of benzene rings is 1. The number of nitrogens with zero attached hydrogens (tertiary/aromatic N) is 1. The molecule has 0 aliphatic rings. The molecule has 0 aliphatic carbocycles. The number of esters is 1. The molecule has 28 heavy (non-hydrogen) atoms. The van der Waals surface area contributed by atoms with Gasteiger partial charge in [0.2, 0.25) is 11.8 Å². The number of H-pyrrole nitrogens is 1. The minimum absolute atomic E-state index is 0.0716. The van der Waals surface area contributed by atoms with Crippen molar-refractivity contribution < 1.29 is 27.9 Å². The van der Waals surface area contributed by atoms with Gasteiger partial charge in [0.25, 0.3) is 0 Å². The summed E-state index contributed by atoms with van der Waals surface area (Å²) in [6.45, 7) is 3.53. The monoisotopic (exact) mass is 394 g/mol. The normalized spacial score (nSPS) is 11.6. The number of carbonyl (C=O) groups is 3. The summed E-state index contributed by atoms with van der Waals surface area (Å²) in [5, 5.41) is 11.2. The van der Waals surface area contributed by atoms with E-state index in [1.165, 1.54) is 6.07 Å². The molecule has 2 amide bonds. The highest BCUT2D eigenvalue weighted by Crippen LogP contribution is 2.10. The fourth-order valence-corrected chi connectivity index (χ4v) is 2.41. The molecule has 0 saturated carbocycles. The van der Waals surface area contributed by atoms with Crippen molar-refractivity contribution in [3.05, 3.63) is 47.2 Å². The van der Waals surface area contributed by atoms with Crippen molar-refractivity contribution in [1.29, 1.82) is 0 Å². The van der Waals surface area contributed by atoms with E-state index in [1.54, 1.807) is 13.8 Å². The minimum atomic E-state index is -0.895. The predicted molar refractivity (Wildman–Crippen MR) is 95.5 cm³/mol. The van der Waals surface area contributed by atoms with E-state index in [1.807, 2.05) is 0 Å². The summed E-state index contributed by atoms with van der Waals surface area (Å²) in [7, 11) is 0. The van der Waals surface area contributed by atoms with Crippen LogP contribution < -0.4 is 10.6 Å². The molecule has 1 heterocycles. The van der Waals surface area contributed by atoms with Gasteiger partial charge in [0.05, 0.1) is 13.0 Å². The first-order valence-electron chi connectivity index (χ1n) is 8.60. The number of aromatic nitrogens is 2. The minimum Gasteiger partial charge on any atom is -0.461 e. The summed E-state index contributed by atoms with van der Waals surface area (Å²) in [6.07, 6.45) is -0.0158. The van der Waals surface area contributed by atoms with Gasteiger partial charge in [0.15, 0.2) is 5.82 Å². The molecular weight excluding hydrogens is 374 g/mol. The van der Waals surface area contributed by atoms with Gasteiger partial charge < -0.3 is 15.4 Å². The molecule has 0 radical (unpaired) electrons. The van der Waals surface area contributed by atoms with Crippen molar-refractivity contribution in [3.8, 4) is 0 Å². The first kappa shape index (κ1) is 21.0. The van der Waals surface area contributed by atoms with Crippen molar-refractivity contribution in [3.63, 3.8) is 0 Å². The number of rotatable bonds is 8. The fraction of sp³-hybridized carbons (Fsp3) is 0.333. The third-order valence-corrected chi connectivity index (χ3v) is 3.67. The molecule has 3 N–H and O–H groups in total. The number of anilines is 1. The van der Waals surface area contributed by atoms with Crippen LogP contribution in [0.1, 0.15) is 36.3 Å². The van der Waals surface area contributed by atoms with Gasteiger partial charge in [-0.25, -0.2) is 13.6 Å². The van der Waals surface area contributed by atoms with Crippen LogP contribution in [0.25, 0.3) is 0 Å². The molecule has 150 valence electrons. The van der Waals surface area contributed by atoms with Crippen molar-refractivity contribution in [2.45, 2.75) is 32.7 Å². The lowest BCUT2D eigenvalue weighted by Crippen LogP contribution is -2.44. The Morgan fingerprint density at radius 2 is 1.82 bits per heavy atom. The van der Waals surface area contributed by atoms with Gasteiger partial charge in [-0.2, -0.15) is 5.10 Å². The lowest BCUT2D eigenvalue weighted by molar-refractivity contribution is -0.126. The Labute approximate surface area is 159 Å². The summed E-state index contributed by atoms with van der Waals surface area (Å²) < 4.78 is 31.2. The Balaban J connectivity index is 1.95. The van der Waals surface area contributed by atoms with Gasteiger partial charge in [0, 0.05) is 12.1 Å². The molecule has 0 bridgehead atoms. The van der Waals surface area contributed by atoms with Gasteiger partial charge in [-0.3, -0.25) is 14.7 Å². The van der Waals surface area contributed by atoms with E-state index in [0.29, 0.717) is 6.07 Å². The standard InChI is InChI=1S/C18H20F2N4O4/c1-3-13(21-16(25)7-10-5-11(19)8-12(20)6-10)17(26)22-15-9-14(23-24-15)18(27)28-4-2/h5-6,8-9,13H,3-4,7H2,1-2H3,(H,21,25)(H2,22,23,24,26). The Hall–Kier alpha value is -3.30. The van der Waals surface area contributed by atoms with Crippen LogP contribution in [0.15, 0.2) is 24.3 Å². The molecule has 2 aromatic rings. The molecule has 0 saturated heterocycles. The SMILES string of the molecule is CCOC(=O)c1cc(NC(=O)C(CC)NC(=O)Cc2cc(F)cc(F)c2)n[nH]1. The highest BCUT2D eigenvalue weighted by Gasteiger charge is 2.21. The maximum Gasteiger partial charge on any atom is 0.356 e. The second kappa shape index (κ2) is 9.58. The number of nitrogens with one attached hydrogen (secondary N) is 3. The molecule has 2 rings (SSSR count). The maximum absolute atomic E-state index is 13.2. The van der Waals surface area contributed by atoms with E-state index in [-0.39, 0.29) is 36.5 Å². The second-order valence-corrected chi connectivity index (χ2v) is 5.86. The fourth-order valence-electron chi connectivity index (χ4n) is 2.41. The summed E-state index contributed by atoms with van der Waals surface area (Å²) in [4.78, 5) is 36.0. The maximum atomic E-state index is 13.2.